The van der Waals surface area contributed by atoms with Crippen molar-refractivity contribution in [2.24, 2.45) is 0 Å². The first-order chi connectivity index (χ1) is 48.7. The van der Waals surface area contributed by atoms with Gasteiger partial charge in [0.1, 0.15) is 59.7 Å². The number of hydrogen-bond donors (Lipinski definition) is 10. The molecule has 15 rings (SSSR count). The molecule has 0 spiro atoms. The lowest BCUT2D eigenvalue weighted by molar-refractivity contribution is -0.134. The average Bonchev–Trinajstić information content (AvgIpc) is 1.71. The molecule has 5 aromatic carbocycles. The molecule has 5 fully saturated rings. The van der Waals surface area contributed by atoms with E-state index in [0.717, 1.165) is 42.3 Å². The van der Waals surface area contributed by atoms with Gasteiger partial charge in [-0.05, 0) is 94.5 Å². The molecule has 4 aromatic heterocycles. The lowest BCUT2D eigenvalue weighted by atomic mass is 9.91. The van der Waals surface area contributed by atoms with Gasteiger partial charge in [-0.3, -0.25) is 58.1 Å². The Kier molecular flexibility index (Phi) is 22.5. The maximum absolute atomic E-state index is 12.5. The third-order valence-corrected chi connectivity index (χ3v) is 19.3. The van der Waals surface area contributed by atoms with E-state index < -0.39 is 36.1 Å². The zero-order chi connectivity index (χ0) is 71.3. The summed E-state index contributed by atoms with van der Waals surface area (Å²) in [5.74, 6) is -2.23. The minimum absolute atomic E-state index is 0.113. The van der Waals surface area contributed by atoms with Crippen LogP contribution in [0.25, 0.3) is 42.1 Å². The molecule has 24 nitrogen and oxygen atoms in total. The Morgan fingerprint density at radius 1 is 0.386 bits per heavy atom. The number of ether oxygens (including phenoxy) is 1. The minimum Gasteiger partial charge on any atom is -0.493 e. The van der Waals surface area contributed by atoms with Gasteiger partial charge in [0.25, 0.3) is 23.6 Å². The minimum atomic E-state index is -0.640. The molecule has 5 saturated heterocycles. The van der Waals surface area contributed by atoms with Crippen molar-refractivity contribution in [1.82, 2.24) is 53.2 Å². The summed E-state index contributed by atoms with van der Waals surface area (Å²) in [5, 5.41) is 33.6. The highest BCUT2D eigenvalue weighted by Crippen LogP contribution is 2.34. The Hall–Kier alpha value is -11.8. The highest BCUT2D eigenvalue weighted by molar-refractivity contribution is 7.18. The molecule has 0 aliphatic carbocycles. The monoisotopic (exact) mass is 1400 g/mol. The summed E-state index contributed by atoms with van der Waals surface area (Å²) in [4.78, 5) is 131. The fraction of sp³-hybridized carbons (Fsp3) is 0.240. The summed E-state index contributed by atoms with van der Waals surface area (Å²) < 4.78 is 18.3. The van der Waals surface area contributed by atoms with E-state index in [-0.39, 0.29) is 71.4 Å². The summed E-state index contributed by atoms with van der Waals surface area (Å²) in [7, 11) is 0. The van der Waals surface area contributed by atoms with Crippen LogP contribution < -0.4 is 57.9 Å². The average molecular weight is 1400 g/mol. The fourth-order valence-electron chi connectivity index (χ4n) is 11.9. The Bertz CT molecular complexity index is 4300. The van der Waals surface area contributed by atoms with Gasteiger partial charge in [0.2, 0.25) is 41.4 Å². The first-order valence-corrected chi connectivity index (χ1v) is 34.4. The second kappa shape index (κ2) is 32.3. The second-order valence-corrected chi connectivity index (χ2v) is 26.3. The van der Waals surface area contributed by atoms with Crippen LogP contribution in [0.5, 0.6) is 5.75 Å². The number of fused-ring (bicyclic) bond motifs is 5. The van der Waals surface area contributed by atoms with Crippen LogP contribution in [0.3, 0.4) is 0 Å². The Morgan fingerprint density at radius 3 is 1.15 bits per heavy atom. The van der Waals surface area contributed by atoms with Gasteiger partial charge in [0.15, 0.2) is 0 Å². The number of benzene rings is 5. The molecule has 0 radical (unpaired) electrons. The number of carbonyl (C=O) groups excluding carboxylic acids is 11. The van der Waals surface area contributed by atoms with Crippen molar-refractivity contribution in [3.8, 4) is 5.75 Å². The van der Waals surface area contributed by atoms with Gasteiger partial charge in [-0.15, -0.1) is 22.7 Å². The van der Waals surface area contributed by atoms with Gasteiger partial charge in [-0.25, -0.2) is 0 Å². The topological polar surface area (TPSA) is 344 Å². The van der Waals surface area contributed by atoms with Gasteiger partial charge in [0, 0.05) is 76.5 Å². The molecule has 6 aliphatic heterocycles. The molecule has 26 heteroatoms. The van der Waals surface area contributed by atoms with Crippen molar-refractivity contribution in [2.75, 3.05) is 6.61 Å². The highest BCUT2D eigenvalue weighted by Gasteiger charge is 2.34. The predicted molar refractivity (Wildman–Crippen MR) is 381 cm³/mol. The molecule has 6 aliphatic rings. The number of thiophene rings is 2. The SMILES string of the molecule is C=C1CC[C@@H](NC(=O)c2coc3ccccc23)C(=O)N1.C=C1CC[C@@H](NC(=O)c2csc3ccccc23)C(=O)N1.C=C1CC[C@H](NC(=O)C2CCOc3ccccc32)C(=O)N1.C=C1CC[C@H](NC(=O)c2coc3ccccc23)C(=O)N1.O=C1CC[C@H](NC(=O)c2csc3ccccc23)C(=O)N1. The zero-order valence-corrected chi connectivity index (χ0v) is 56.3. The van der Waals surface area contributed by atoms with Crippen molar-refractivity contribution >= 4 is 130 Å². The summed E-state index contributed by atoms with van der Waals surface area (Å²) in [5.41, 5.74) is 7.07. The van der Waals surface area contributed by atoms with Crippen LogP contribution in [-0.4, -0.2) is 102 Å². The quantitative estimate of drug-likeness (QED) is 0.0571. The molecule has 10 heterocycles. The molecule has 0 saturated carbocycles. The molecule has 0 bridgehead atoms. The van der Waals surface area contributed by atoms with Crippen molar-refractivity contribution in [2.45, 2.75) is 107 Å². The van der Waals surface area contributed by atoms with Crippen molar-refractivity contribution in [3.63, 3.8) is 0 Å². The molecular formula is C75H72N10O14S2. The van der Waals surface area contributed by atoms with Crippen LogP contribution in [-0.2, 0) is 33.6 Å². The van der Waals surface area contributed by atoms with Crippen molar-refractivity contribution < 1.29 is 66.3 Å². The molecule has 518 valence electrons. The smallest absolute Gasteiger partial charge is 0.255 e. The normalized spacial score (nSPS) is 20.1. The number of rotatable bonds is 10. The fourth-order valence-corrected chi connectivity index (χ4v) is 13.8. The molecule has 6 atom stereocenters. The van der Waals surface area contributed by atoms with Gasteiger partial charge >= 0.3 is 0 Å². The number of para-hydroxylation sites is 3. The third kappa shape index (κ3) is 17.4. The lowest BCUT2D eigenvalue weighted by Crippen LogP contribution is -2.52. The van der Waals surface area contributed by atoms with Gasteiger partial charge < -0.3 is 61.4 Å². The van der Waals surface area contributed by atoms with E-state index in [9.17, 15) is 52.7 Å². The van der Waals surface area contributed by atoms with E-state index in [0.29, 0.717) is 127 Å². The Morgan fingerprint density at radius 2 is 0.733 bits per heavy atom. The number of piperidine rings is 5. The molecular weight excluding hydrogens is 1330 g/mol. The highest BCUT2D eigenvalue weighted by atomic mass is 32.1. The number of allylic oxidation sites excluding steroid dienone is 4. The van der Waals surface area contributed by atoms with Crippen LogP contribution in [0.2, 0.25) is 0 Å². The standard InChI is InChI=1S/C16H18N2O3.2C15H14N2O3.C15H14N2O2S.C14H12N2O3S/c1-10-6-7-13(16(20)17-10)18-15(19)12-8-9-21-14-5-3-2-4-11(12)14;3*1-9-6-7-12(15(19)16-9)17-14(18)11-8-20-13-5-3-2-4-10(11)13;17-12-6-5-10(14(19)16-12)15-13(18)9-7-20-11-4-2-1-3-8(9)11/h2-5,12-13H,1,6-9H2,(H,17,20)(H,18,19);3*2-5,8,12H,1,6-7H2,(H,16,19)(H,17,18);1-4,7,10H,5-6H2,(H,15,18)(H,16,17,19)/t12?,13-;3*12-;10-/m01010/s1. The summed E-state index contributed by atoms with van der Waals surface area (Å²) in [6.45, 7) is 15.4. The lowest BCUT2D eigenvalue weighted by Gasteiger charge is -2.29. The molecule has 9 aromatic rings. The summed E-state index contributed by atoms with van der Waals surface area (Å²) in [6.07, 6.45) is 9.11. The predicted octanol–water partition coefficient (Wildman–Crippen LogP) is 9.23. The van der Waals surface area contributed by atoms with E-state index >= 15 is 0 Å². The van der Waals surface area contributed by atoms with Gasteiger partial charge in [-0.1, -0.05) is 117 Å². The van der Waals surface area contributed by atoms with Crippen molar-refractivity contribution in [3.05, 3.63) is 222 Å². The zero-order valence-electron chi connectivity index (χ0n) is 54.7. The van der Waals surface area contributed by atoms with Gasteiger partial charge in [0.05, 0.1) is 34.8 Å². The van der Waals surface area contributed by atoms with Gasteiger partial charge in [-0.2, -0.15) is 0 Å². The Labute approximate surface area is 586 Å². The van der Waals surface area contributed by atoms with Crippen LogP contribution >= 0.6 is 22.7 Å². The number of nitrogens with one attached hydrogen (secondary N) is 10. The second-order valence-electron chi connectivity index (χ2n) is 24.5. The molecule has 11 amide bonds. The van der Waals surface area contributed by atoms with Crippen LogP contribution in [0, 0.1) is 0 Å². The summed E-state index contributed by atoms with van der Waals surface area (Å²) in [6, 6.07) is 34.9. The van der Waals surface area contributed by atoms with E-state index in [4.69, 9.17) is 13.6 Å². The number of hydrogen-bond acceptors (Lipinski definition) is 16. The number of amides is 11. The molecule has 1 unspecified atom stereocenters. The largest absolute Gasteiger partial charge is 0.493 e. The maximum atomic E-state index is 12.5. The van der Waals surface area contributed by atoms with E-state index in [1.165, 1.54) is 35.2 Å². The number of furan rings is 2. The third-order valence-electron chi connectivity index (χ3n) is 17.4. The van der Waals surface area contributed by atoms with E-state index in [2.05, 4.69) is 79.5 Å². The van der Waals surface area contributed by atoms with E-state index in [1.807, 2.05) is 115 Å². The van der Waals surface area contributed by atoms with Crippen LogP contribution in [0.1, 0.15) is 124 Å². The van der Waals surface area contributed by atoms with E-state index in [1.54, 1.807) is 17.5 Å². The number of imide groups is 1. The first-order valence-electron chi connectivity index (χ1n) is 32.6. The summed E-state index contributed by atoms with van der Waals surface area (Å²) >= 11 is 3.02. The van der Waals surface area contributed by atoms with Crippen LogP contribution in [0.4, 0.5) is 0 Å². The Balaban J connectivity index is 0.000000127. The van der Waals surface area contributed by atoms with Crippen LogP contribution in [0.15, 0.2) is 203 Å². The first kappa shape index (κ1) is 70.5. The maximum Gasteiger partial charge on any atom is 0.255 e. The number of carbonyl (C=O) groups is 11. The molecule has 10 N–H and O–H groups in total. The molecule has 101 heavy (non-hydrogen) atoms. The van der Waals surface area contributed by atoms with Crippen molar-refractivity contribution in [1.29, 1.82) is 0 Å².